The van der Waals surface area contributed by atoms with Gasteiger partial charge in [0.05, 0.1) is 25.0 Å². The normalized spacial score (nSPS) is 11.0. The molecule has 0 unspecified atom stereocenters. The highest BCUT2D eigenvalue weighted by atomic mass is 19.4. The van der Waals surface area contributed by atoms with Gasteiger partial charge in [-0.25, -0.2) is 0 Å². The molecule has 2 aromatic carbocycles. The number of halogens is 3. The number of hydrogen-bond donors (Lipinski definition) is 1. The van der Waals surface area contributed by atoms with E-state index in [0.717, 1.165) is 6.07 Å². The maximum Gasteiger partial charge on any atom is 0.418 e. The van der Waals surface area contributed by atoms with Gasteiger partial charge < -0.3 is 14.8 Å². The smallest absolute Gasteiger partial charge is 0.418 e. The van der Waals surface area contributed by atoms with E-state index in [2.05, 4.69) is 5.32 Å². The van der Waals surface area contributed by atoms with Gasteiger partial charge in [0.2, 0.25) is 5.91 Å². The highest BCUT2D eigenvalue weighted by molar-refractivity contribution is 5.91. The van der Waals surface area contributed by atoms with Crippen LogP contribution in [0.5, 0.6) is 11.5 Å². The zero-order valence-corrected chi connectivity index (χ0v) is 13.6. The van der Waals surface area contributed by atoms with E-state index in [-0.39, 0.29) is 18.7 Å². The summed E-state index contributed by atoms with van der Waals surface area (Å²) in [7, 11) is 1.56. The van der Waals surface area contributed by atoms with Crippen molar-refractivity contribution < 1.29 is 27.4 Å². The number of alkyl halides is 3. The molecule has 0 bridgehead atoms. The second kappa shape index (κ2) is 8.41. The fourth-order valence-corrected chi connectivity index (χ4v) is 2.15. The first-order valence-corrected chi connectivity index (χ1v) is 7.63. The summed E-state index contributed by atoms with van der Waals surface area (Å²) in [5.74, 6) is 0.841. The number of carbonyl (C=O) groups is 1. The monoisotopic (exact) mass is 353 g/mol. The van der Waals surface area contributed by atoms with Crippen molar-refractivity contribution in [3.63, 3.8) is 0 Å². The maximum atomic E-state index is 12.9. The van der Waals surface area contributed by atoms with Crippen molar-refractivity contribution >= 4 is 11.6 Å². The molecular formula is C18H18F3NO3. The Morgan fingerprint density at radius 2 is 1.68 bits per heavy atom. The van der Waals surface area contributed by atoms with Crippen molar-refractivity contribution in [1.29, 1.82) is 0 Å². The van der Waals surface area contributed by atoms with E-state index in [1.165, 1.54) is 18.2 Å². The molecule has 1 amide bonds. The van der Waals surface area contributed by atoms with Crippen molar-refractivity contribution in [3.8, 4) is 11.5 Å². The molecule has 134 valence electrons. The van der Waals surface area contributed by atoms with Crippen LogP contribution in [0.1, 0.15) is 18.4 Å². The van der Waals surface area contributed by atoms with Crippen LogP contribution in [0.15, 0.2) is 48.5 Å². The third kappa shape index (κ3) is 5.70. The number of hydrogen-bond acceptors (Lipinski definition) is 3. The predicted octanol–water partition coefficient (Wildman–Crippen LogP) is 4.51. The molecule has 1 N–H and O–H groups in total. The highest BCUT2D eigenvalue weighted by Gasteiger charge is 2.33. The Hall–Kier alpha value is -2.70. The SMILES string of the molecule is COc1ccc(OCCCC(=O)Nc2ccccc2C(F)(F)F)cc1. The van der Waals surface area contributed by atoms with Crippen molar-refractivity contribution in [2.75, 3.05) is 19.0 Å². The fourth-order valence-electron chi connectivity index (χ4n) is 2.15. The van der Waals surface area contributed by atoms with E-state index in [9.17, 15) is 18.0 Å². The minimum Gasteiger partial charge on any atom is -0.497 e. The zero-order valence-electron chi connectivity index (χ0n) is 13.6. The predicted molar refractivity (Wildman–Crippen MR) is 87.8 cm³/mol. The molecule has 2 aromatic rings. The number of para-hydroxylation sites is 1. The van der Waals surface area contributed by atoms with Crippen LogP contribution >= 0.6 is 0 Å². The molecule has 0 aliphatic rings. The summed E-state index contributed by atoms with van der Waals surface area (Å²) in [6, 6.07) is 11.8. The van der Waals surface area contributed by atoms with Crippen LogP contribution in [-0.2, 0) is 11.0 Å². The molecule has 0 saturated carbocycles. The van der Waals surface area contributed by atoms with Gasteiger partial charge in [-0.1, -0.05) is 12.1 Å². The number of amides is 1. The number of benzene rings is 2. The number of anilines is 1. The first kappa shape index (κ1) is 18.6. The fraction of sp³-hybridized carbons (Fsp3) is 0.278. The molecule has 0 aliphatic heterocycles. The molecule has 0 fully saturated rings. The standard InChI is InChI=1S/C18H18F3NO3/c1-24-13-8-10-14(11-9-13)25-12-4-7-17(23)22-16-6-3-2-5-15(16)18(19,20)21/h2-3,5-6,8-11H,4,7,12H2,1H3,(H,22,23). The largest absolute Gasteiger partial charge is 0.497 e. The Morgan fingerprint density at radius 1 is 1.04 bits per heavy atom. The molecule has 4 nitrogen and oxygen atoms in total. The Balaban J connectivity index is 1.79. The van der Waals surface area contributed by atoms with E-state index in [1.807, 2.05) is 0 Å². The van der Waals surface area contributed by atoms with Crippen molar-refractivity contribution in [3.05, 3.63) is 54.1 Å². The van der Waals surface area contributed by atoms with Crippen LogP contribution in [-0.4, -0.2) is 19.6 Å². The third-order valence-corrected chi connectivity index (χ3v) is 3.38. The number of carbonyl (C=O) groups excluding carboxylic acids is 1. The second-order valence-corrected chi connectivity index (χ2v) is 5.22. The Labute approximate surface area is 143 Å². The van der Waals surface area contributed by atoms with Crippen LogP contribution in [0, 0.1) is 0 Å². The van der Waals surface area contributed by atoms with Gasteiger partial charge in [-0.05, 0) is 42.8 Å². The molecule has 25 heavy (non-hydrogen) atoms. The lowest BCUT2D eigenvalue weighted by Crippen LogP contribution is -2.17. The second-order valence-electron chi connectivity index (χ2n) is 5.22. The zero-order chi connectivity index (χ0) is 18.3. The number of rotatable bonds is 7. The first-order chi connectivity index (χ1) is 11.9. The van der Waals surface area contributed by atoms with Crippen LogP contribution < -0.4 is 14.8 Å². The minimum atomic E-state index is -4.51. The lowest BCUT2D eigenvalue weighted by atomic mass is 10.1. The van der Waals surface area contributed by atoms with Gasteiger partial charge in [-0.2, -0.15) is 13.2 Å². The maximum absolute atomic E-state index is 12.9. The Morgan fingerprint density at radius 3 is 2.32 bits per heavy atom. The van der Waals surface area contributed by atoms with E-state index in [0.29, 0.717) is 17.9 Å². The molecule has 0 heterocycles. The lowest BCUT2D eigenvalue weighted by molar-refractivity contribution is -0.137. The number of ether oxygens (including phenoxy) is 2. The summed E-state index contributed by atoms with van der Waals surface area (Å²) >= 11 is 0. The lowest BCUT2D eigenvalue weighted by Gasteiger charge is -2.13. The first-order valence-electron chi connectivity index (χ1n) is 7.63. The Kier molecular flexibility index (Phi) is 6.27. The average molecular weight is 353 g/mol. The molecule has 7 heteroatoms. The van der Waals surface area contributed by atoms with Crippen LogP contribution in [0.4, 0.5) is 18.9 Å². The molecule has 0 atom stereocenters. The molecule has 2 rings (SSSR count). The van der Waals surface area contributed by atoms with E-state index < -0.39 is 17.6 Å². The van der Waals surface area contributed by atoms with E-state index in [4.69, 9.17) is 9.47 Å². The minimum absolute atomic E-state index is 0.0579. The summed E-state index contributed by atoms with van der Waals surface area (Å²) < 4.78 is 49.1. The molecule has 0 aliphatic carbocycles. The number of nitrogens with one attached hydrogen (secondary N) is 1. The summed E-state index contributed by atoms with van der Waals surface area (Å²) in [4.78, 5) is 11.8. The quantitative estimate of drug-likeness (QED) is 0.745. The number of methoxy groups -OCH3 is 1. The van der Waals surface area contributed by atoms with Gasteiger partial charge in [-0.3, -0.25) is 4.79 Å². The van der Waals surface area contributed by atoms with E-state index >= 15 is 0 Å². The summed E-state index contributed by atoms with van der Waals surface area (Å²) in [6.07, 6.45) is -4.07. The van der Waals surface area contributed by atoms with Crippen molar-refractivity contribution in [1.82, 2.24) is 0 Å². The van der Waals surface area contributed by atoms with Gasteiger partial charge in [0, 0.05) is 6.42 Å². The van der Waals surface area contributed by atoms with Crippen LogP contribution in [0.3, 0.4) is 0 Å². The van der Waals surface area contributed by atoms with Crippen molar-refractivity contribution in [2.45, 2.75) is 19.0 Å². The van der Waals surface area contributed by atoms with Crippen LogP contribution in [0.2, 0.25) is 0 Å². The van der Waals surface area contributed by atoms with E-state index in [1.54, 1.807) is 31.4 Å². The van der Waals surface area contributed by atoms with Gasteiger partial charge in [0.1, 0.15) is 11.5 Å². The molecule has 0 aromatic heterocycles. The Bertz CT molecular complexity index is 699. The third-order valence-electron chi connectivity index (χ3n) is 3.38. The summed E-state index contributed by atoms with van der Waals surface area (Å²) in [5, 5.41) is 2.30. The highest BCUT2D eigenvalue weighted by Crippen LogP contribution is 2.34. The van der Waals surface area contributed by atoms with Gasteiger partial charge in [0.25, 0.3) is 0 Å². The van der Waals surface area contributed by atoms with Crippen molar-refractivity contribution in [2.24, 2.45) is 0 Å². The summed E-state index contributed by atoms with van der Waals surface area (Å²) in [5.41, 5.74) is -1.10. The summed E-state index contributed by atoms with van der Waals surface area (Å²) in [6.45, 7) is 0.278. The van der Waals surface area contributed by atoms with Gasteiger partial charge in [-0.15, -0.1) is 0 Å². The topological polar surface area (TPSA) is 47.6 Å². The van der Waals surface area contributed by atoms with Gasteiger partial charge in [0.15, 0.2) is 0 Å². The van der Waals surface area contributed by atoms with Gasteiger partial charge >= 0.3 is 6.18 Å². The average Bonchev–Trinajstić information content (AvgIpc) is 2.59. The molecular weight excluding hydrogens is 335 g/mol. The van der Waals surface area contributed by atoms with Crippen LogP contribution in [0.25, 0.3) is 0 Å². The molecule has 0 saturated heterocycles. The molecule has 0 radical (unpaired) electrons. The molecule has 0 spiro atoms.